The predicted octanol–water partition coefficient (Wildman–Crippen LogP) is 4.32. The fourth-order valence-electron chi connectivity index (χ4n) is 3.09. The van der Waals surface area contributed by atoms with E-state index in [0.29, 0.717) is 28.8 Å². The number of hydrogen-bond acceptors (Lipinski definition) is 3. The normalized spacial score (nSPS) is 14.7. The summed E-state index contributed by atoms with van der Waals surface area (Å²) < 4.78 is 19.6. The van der Waals surface area contributed by atoms with Crippen LogP contribution in [-0.2, 0) is 11.3 Å². The molecule has 1 heterocycles. The Balaban J connectivity index is 1.72. The monoisotopic (exact) mass is 421 g/mol. The molecule has 3 rings (SSSR count). The van der Waals surface area contributed by atoms with Gasteiger partial charge in [-0.15, -0.1) is 0 Å². The Morgan fingerprint density at radius 2 is 2.00 bits per heavy atom. The molecule has 0 aromatic heterocycles. The molecule has 2 aromatic carbocycles. The predicted molar refractivity (Wildman–Crippen MR) is 116 cm³/mol. The molecule has 0 radical (unpaired) electrons. The number of rotatable bonds is 6. The van der Waals surface area contributed by atoms with Gasteiger partial charge < -0.3 is 15.0 Å². The van der Waals surface area contributed by atoms with Crippen LogP contribution in [0.25, 0.3) is 0 Å². The van der Waals surface area contributed by atoms with Crippen molar-refractivity contribution >= 4 is 34.6 Å². The van der Waals surface area contributed by atoms with Crippen LogP contribution in [-0.4, -0.2) is 54.3 Å². The average Bonchev–Trinajstić information content (AvgIpc) is 2.70. The molecule has 0 spiro atoms. The molecule has 0 unspecified atom stereocenters. The van der Waals surface area contributed by atoms with Gasteiger partial charge in [-0.1, -0.05) is 35.9 Å². The molecule has 1 aliphatic rings. The second-order valence-corrected chi connectivity index (χ2v) is 7.68. The van der Waals surface area contributed by atoms with Crippen LogP contribution < -0.4 is 5.32 Å². The van der Waals surface area contributed by atoms with Crippen molar-refractivity contribution in [3.05, 3.63) is 64.4 Å². The highest BCUT2D eigenvalue weighted by Crippen LogP contribution is 2.21. The van der Waals surface area contributed by atoms with Crippen LogP contribution in [0, 0.1) is 12.7 Å². The van der Waals surface area contributed by atoms with Gasteiger partial charge in [0.05, 0.1) is 13.2 Å². The highest BCUT2D eigenvalue weighted by Gasteiger charge is 2.17. The summed E-state index contributed by atoms with van der Waals surface area (Å²) >= 11 is 11.8. The average molecular weight is 422 g/mol. The number of morpholine rings is 1. The van der Waals surface area contributed by atoms with Crippen LogP contribution in [0.3, 0.4) is 0 Å². The van der Waals surface area contributed by atoms with Crippen molar-refractivity contribution in [2.24, 2.45) is 0 Å². The summed E-state index contributed by atoms with van der Waals surface area (Å²) in [6.45, 7) is 7.24. The van der Waals surface area contributed by atoms with Crippen molar-refractivity contribution in [3.8, 4) is 0 Å². The van der Waals surface area contributed by atoms with Crippen molar-refractivity contribution in [1.29, 1.82) is 0 Å². The van der Waals surface area contributed by atoms with Crippen molar-refractivity contribution in [2.45, 2.75) is 13.5 Å². The highest BCUT2D eigenvalue weighted by atomic mass is 35.5. The number of benzene rings is 2. The summed E-state index contributed by atoms with van der Waals surface area (Å²) in [6, 6.07) is 12.5. The molecule has 4 nitrogen and oxygen atoms in total. The van der Waals surface area contributed by atoms with E-state index < -0.39 is 0 Å². The lowest BCUT2D eigenvalue weighted by molar-refractivity contribution is 0.0358. The number of hydrogen-bond donors (Lipinski definition) is 1. The van der Waals surface area contributed by atoms with Gasteiger partial charge in [0.15, 0.2) is 5.11 Å². The van der Waals surface area contributed by atoms with Gasteiger partial charge in [-0.05, 0) is 42.9 Å². The maximum absolute atomic E-state index is 14.2. The minimum atomic E-state index is -0.222. The van der Waals surface area contributed by atoms with Gasteiger partial charge in [-0.25, -0.2) is 4.39 Å². The first-order chi connectivity index (χ1) is 13.5. The molecule has 0 amide bonds. The van der Waals surface area contributed by atoms with Gasteiger partial charge in [-0.3, -0.25) is 4.90 Å². The van der Waals surface area contributed by atoms with Crippen molar-refractivity contribution in [3.63, 3.8) is 0 Å². The fraction of sp³-hybridized carbons (Fsp3) is 0.381. The van der Waals surface area contributed by atoms with E-state index >= 15 is 0 Å². The summed E-state index contributed by atoms with van der Waals surface area (Å²) in [7, 11) is 0. The molecule has 28 heavy (non-hydrogen) atoms. The standard InChI is InChI=1S/C21H25ClFN3OS/c1-16-6-7-18(22)14-20(16)24-21(28)26(9-8-25-10-12-27-13-11-25)15-17-4-2-3-5-19(17)23/h2-7,14H,8-13,15H2,1H3,(H,24,28). The lowest BCUT2D eigenvalue weighted by Gasteiger charge is -2.31. The van der Waals surface area contributed by atoms with Crippen LogP contribution in [0.5, 0.6) is 0 Å². The molecule has 0 bridgehead atoms. The van der Waals surface area contributed by atoms with Gasteiger partial charge >= 0.3 is 0 Å². The Labute approximate surface area is 176 Å². The highest BCUT2D eigenvalue weighted by molar-refractivity contribution is 7.80. The summed E-state index contributed by atoms with van der Waals surface area (Å²) in [6.07, 6.45) is 0. The Morgan fingerprint density at radius 1 is 1.25 bits per heavy atom. The van der Waals surface area contributed by atoms with Crippen LogP contribution in [0.2, 0.25) is 5.02 Å². The van der Waals surface area contributed by atoms with Crippen LogP contribution >= 0.6 is 23.8 Å². The Kier molecular flexibility index (Phi) is 7.62. The number of thiocarbonyl (C=S) groups is 1. The van der Waals surface area contributed by atoms with Gasteiger partial charge in [0.1, 0.15) is 5.82 Å². The molecule has 1 aliphatic heterocycles. The molecule has 1 N–H and O–H groups in total. The molecular formula is C21H25ClFN3OS. The number of anilines is 1. The first kappa shape index (κ1) is 21.0. The number of aryl methyl sites for hydroxylation is 1. The number of nitrogens with one attached hydrogen (secondary N) is 1. The van der Waals surface area contributed by atoms with E-state index in [-0.39, 0.29) is 5.82 Å². The van der Waals surface area contributed by atoms with E-state index in [4.69, 9.17) is 28.6 Å². The maximum Gasteiger partial charge on any atom is 0.173 e. The van der Waals surface area contributed by atoms with Crippen LogP contribution in [0.15, 0.2) is 42.5 Å². The van der Waals surface area contributed by atoms with Gasteiger partial charge in [0, 0.05) is 49.0 Å². The summed E-state index contributed by atoms with van der Waals surface area (Å²) in [4.78, 5) is 4.34. The number of ether oxygens (including phenoxy) is 1. The summed E-state index contributed by atoms with van der Waals surface area (Å²) in [5.74, 6) is -0.222. The van der Waals surface area contributed by atoms with Crippen molar-refractivity contribution in [1.82, 2.24) is 9.80 Å². The third-order valence-electron chi connectivity index (χ3n) is 4.84. The largest absolute Gasteiger partial charge is 0.379 e. The van der Waals surface area contributed by atoms with Crippen LogP contribution in [0.4, 0.5) is 10.1 Å². The molecule has 0 atom stereocenters. The lowest BCUT2D eigenvalue weighted by atomic mass is 10.2. The smallest absolute Gasteiger partial charge is 0.173 e. The van der Waals surface area contributed by atoms with Gasteiger partial charge in [-0.2, -0.15) is 0 Å². The molecule has 150 valence electrons. The summed E-state index contributed by atoms with van der Waals surface area (Å²) in [5, 5.41) is 4.49. The number of nitrogens with zero attached hydrogens (tertiary/aromatic N) is 2. The van der Waals surface area contributed by atoms with Crippen molar-refractivity contribution < 1.29 is 9.13 Å². The van der Waals surface area contributed by atoms with Gasteiger partial charge in [0.25, 0.3) is 0 Å². The summed E-state index contributed by atoms with van der Waals surface area (Å²) in [5.41, 5.74) is 2.53. The molecule has 0 aliphatic carbocycles. The van der Waals surface area contributed by atoms with E-state index in [9.17, 15) is 4.39 Å². The Bertz CT molecular complexity index is 814. The number of halogens is 2. The SMILES string of the molecule is Cc1ccc(Cl)cc1NC(=S)N(CCN1CCOCC1)Cc1ccccc1F. The van der Waals surface area contributed by atoms with Gasteiger partial charge in [0.2, 0.25) is 0 Å². The second-order valence-electron chi connectivity index (χ2n) is 6.86. The second kappa shape index (κ2) is 10.2. The third kappa shape index (κ3) is 5.88. The van der Waals surface area contributed by atoms with E-state index in [1.807, 2.05) is 36.1 Å². The zero-order valence-electron chi connectivity index (χ0n) is 16.0. The maximum atomic E-state index is 14.2. The van der Waals surface area contributed by atoms with E-state index in [0.717, 1.165) is 44.1 Å². The first-order valence-electron chi connectivity index (χ1n) is 9.38. The van der Waals surface area contributed by atoms with E-state index in [2.05, 4.69) is 10.2 Å². The lowest BCUT2D eigenvalue weighted by Crippen LogP contribution is -2.44. The fourth-order valence-corrected chi connectivity index (χ4v) is 3.53. The zero-order chi connectivity index (χ0) is 19.9. The quantitative estimate of drug-likeness (QED) is 0.701. The molecule has 0 saturated carbocycles. The Morgan fingerprint density at radius 3 is 2.75 bits per heavy atom. The zero-order valence-corrected chi connectivity index (χ0v) is 17.5. The van der Waals surface area contributed by atoms with E-state index in [1.54, 1.807) is 12.1 Å². The minimum absolute atomic E-state index is 0.222. The topological polar surface area (TPSA) is 27.7 Å². The molecule has 1 saturated heterocycles. The Hall–Kier alpha value is -1.73. The van der Waals surface area contributed by atoms with Crippen LogP contribution in [0.1, 0.15) is 11.1 Å². The van der Waals surface area contributed by atoms with E-state index in [1.165, 1.54) is 6.07 Å². The third-order valence-corrected chi connectivity index (χ3v) is 5.43. The molecule has 7 heteroatoms. The molecular weight excluding hydrogens is 397 g/mol. The van der Waals surface area contributed by atoms with Crippen molar-refractivity contribution in [2.75, 3.05) is 44.7 Å². The molecule has 2 aromatic rings. The molecule has 1 fully saturated rings. The first-order valence-corrected chi connectivity index (χ1v) is 10.2. The minimum Gasteiger partial charge on any atom is -0.379 e.